The Bertz CT molecular complexity index is 407. The Hall–Kier alpha value is -1.63. The molecule has 0 aromatic heterocycles. The molecule has 0 bridgehead atoms. The topological polar surface area (TPSA) is 111 Å². The van der Waals surface area contributed by atoms with E-state index in [-0.39, 0.29) is 0 Å². The van der Waals surface area contributed by atoms with Crippen LogP contribution in [0.15, 0.2) is 0 Å². The summed E-state index contributed by atoms with van der Waals surface area (Å²) in [6, 6.07) is -1.23. The van der Waals surface area contributed by atoms with Crippen molar-refractivity contribution in [2.75, 3.05) is 7.11 Å². The fraction of sp³-hybridized carbons (Fsp3) is 0.786. The molecule has 0 radical (unpaired) electrons. The number of carbonyl (C=O) groups is 3. The molecule has 7 heteroatoms. The minimum absolute atomic E-state index is 0.392. The van der Waals surface area contributed by atoms with E-state index in [4.69, 9.17) is 10.5 Å². The third-order valence-electron chi connectivity index (χ3n) is 2.59. The first-order valence-electron chi connectivity index (χ1n) is 6.74. The third kappa shape index (κ3) is 6.57. The molecule has 0 aromatic rings. The van der Waals surface area contributed by atoms with E-state index in [1.165, 1.54) is 7.11 Å². The van der Waals surface area contributed by atoms with Crippen LogP contribution in [-0.2, 0) is 19.1 Å². The summed E-state index contributed by atoms with van der Waals surface area (Å²) in [5.41, 5.74) is 4.08. The van der Waals surface area contributed by atoms with Crippen molar-refractivity contribution in [1.82, 2.24) is 10.6 Å². The van der Waals surface area contributed by atoms with Gasteiger partial charge in [0.05, 0.1) is 0 Å². The van der Waals surface area contributed by atoms with Crippen LogP contribution in [0, 0.1) is 5.41 Å². The number of rotatable bonds is 5. The molecule has 21 heavy (non-hydrogen) atoms. The summed E-state index contributed by atoms with van der Waals surface area (Å²) in [4.78, 5) is 35.8. The van der Waals surface area contributed by atoms with E-state index >= 15 is 0 Å². The van der Waals surface area contributed by atoms with E-state index < -0.39 is 40.8 Å². The highest BCUT2D eigenvalue weighted by Gasteiger charge is 2.37. The smallest absolute Gasteiger partial charge is 0.252 e. The monoisotopic (exact) mass is 301 g/mol. The molecule has 0 saturated heterocycles. The van der Waals surface area contributed by atoms with Gasteiger partial charge >= 0.3 is 0 Å². The lowest BCUT2D eigenvalue weighted by Gasteiger charge is -2.29. The van der Waals surface area contributed by atoms with E-state index in [0.717, 1.165) is 0 Å². The van der Waals surface area contributed by atoms with Crippen molar-refractivity contribution in [3.63, 3.8) is 0 Å². The number of methoxy groups -OCH3 is 1. The van der Waals surface area contributed by atoms with Gasteiger partial charge in [0.15, 0.2) is 6.10 Å². The Morgan fingerprint density at radius 3 is 1.81 bits per heavy atom. The average molecular weight is 301 g/mol. The molecule has 7 nitrogen and oxygen atoms in total. The zero-order valence-corrected chi connectivity index (χ0v) is 13.9. The quantitative estimate of drug-likeness (QED) is 0.660. The summed E-state index contributed by atoms with van der Waals surface area (Å²) >= 11 is 0. The Morgan fingerprint density at radius 2 is 1.52 bits per heavy atom. The first-order chi connectivity index (χ1) is 9.29. The highest BCUT2D eigenvalue weighted by Crippen LogP contribution is 2.14. The predicted molar refractivity (Wildman–Crippen MR) is 79.3 cm³/mol. The second-order valence-corrected chi connectivity index (χ2v) is 7.00. The van der Waals surface area contributed by atoms with Crippen LogP contribution in [0.4, 0.5) is 0 Å². The van der Waals surface area contributed by atoms with Crippen LogP contribution in [-0.4, -0.2) is 42.5 Å². The molecule has 0 fully saturated rings. The van der Waals surface area contributed by atoms with Crippen molar-refractivity contribution >= 4 is 17.7 Å². The number of hydrogen-bond acceptors (Lipinski definition) is 4. The number of amides is 3. The maximum atomic E-state index is 12.2. The normalized spacial score (nSPS) is 15.0. The van der Waals surface area contributed by atoms with Gasteiger partial charge in [-0.2, -0.15) is 0 Å². The second-order valence-electron chi connectivity index (χ2n) is 7.00. The van der Waals surface area contributed by atoms with Gasteiger partial charge in [0.2, 0.25) is 11.8 Å². The summed E-state index contributed by atoms with van der Waals surface area (Å²) in [5, 5.41) is 5.17. The Morgan fingerprint density at radius 1 is 1.05 bits per heavy atom. The number of ether oxygens (including phenoxy) is 1. The van der Waals surface area contributed by atoms with E-state index in [9.17, 15) is 14.4 Å². The number of primary amides is 1. The lowest BCUT2D eigenvalue weighted by molar-refractivity contribution is -0.142. The zero-order chi connectivity index (χ0) is 17.0. The average Bonchev–Trinajstić information content (AvgIpc) is 2.24. The molecule has 0 aliphatic heterocycles. The van der Waals surface area contributed by atoms with Gasteiger partial charge in [-0.05, 0) is 20.8 Å². The number of nitrogens with two attached hydrogens (primary N) is 1. The fourth-order valence-corrected chi connectivity index (χ4v) is 1.49. The van der Waals surface area contributed by atoms with Crippen LogP contribution in [0.3, 0.4) is 0 Å². The van der Waals surface area contributed by atoms with Crippen molar-refractivity contribution in [3.05, 3.63) is 0 Å². The van der Waals surface area contributed by atoms with Crippen molar-refractivity contribution in [3.8, 4) is 0 Å². The van der Waals surface area contributed by atoms with Gasteiger partial charge in [0.25, 0.3) is 5.91 Å². The van der Waals surface area contributed by atoms with E-state index in [0.29, 0.717) is 0 Å². The summed E-state index contributed by atoms with van der Waals surface area (Å²) in [6.45, 7) is 10.5. The van der Waals surface area contributed by atoms with Crippen LogP contribution in [0.5, 0.6) is 0 Å². The number of nitrogens with one attached hydrogen (secondary N) is 2. The predicted octanol–water partition coefficient (Wildman–Crippen LogP) is -0.0677. The van der Waals surface area contributed by atoms with Crippen LogP contribution in [0.1, 0.15) is 41.5 Å². The molecule has 0 aromatic carbocycles. The standard InChI is InChI=1S/C14H27N3O4/c1-13(2,3)12(20)16-8(10(15)18)9(21-7)11(19)17-14(4,5)6/h8-9H,1-7H3,(H2,15,18)(H,16,20)(H,17,19). The fourth-order valence-electron chi connectivity index (χ4n) is 1.49. The zero-order valence-electron chi connectivity index (χ0n) is 13.9. The third-order valence-corrected chi connectivity index (χ3v) is 2.59. The van der Waals surface area contributed by atoms with Gasteiger partial charge in [-0.1, -0.05) is 20.8 Å². The molecule has 0 aliphatic carbocycles. The Labute approximate surface area is 126 Å². The second kappa shape index (κ2) is 6.89. The van der Waals surface area contributed by atoms with Gasteiger partial charge in [0, 0.05) is 18.1 Å². The first kappa shape index (κ1) is 19.4. The molecule has 4 N–H and O–H groups in total. The van der Waals surface area contributed by atoms with Crippen molar-refractivity contribution < 1.29 is 19.1 Å². The Kier molecular flexibility index (Phi) is 6.35. The van der Waals surface area contributed by atoms with E-state index in [1.807, 2.05) is 0 Å². The van der Waals surface area contributed by atoms with E-state index in [2.05, 4.69) is 10.6 Å². The van der Waals surface area contributed by atoms with Crippen LogP contribution in [0.2, 0.25) is 0 Å². The summed E-state index contributed by atoms with van der Waals surface area (Å²) in [6.07, 6.45) is -1.19. The molecule has 2 atom stereocenters. The molecule has 0 heterocycles. The van der Waals surface area contributed by atoms with Crippen LogP contribution >= 0.6 is 0 Å². The van der Waals surface area contributed by atoms with E-state index in [1.54, 1.807) is 41.5 Å². The largest absolute Gasteiger partial charge is 0.369 e. The lowest BCUT2D eigenvalue weighted by atomic mass is 9.94. The SMILES string of the molecule is COC(C(=O)NC(C)(C)C)C(NC(=O)C(C)(C)C)C(N)=O. The van der Waals surface area contributed by atoms with Gasteiger partial charge < -0.3 is 21.1 Å². The van der Waals surface area contributed by atoms with Crippen LogP contribution < -0.4 is 16.4 Å². The van der Waals surface area contributed by atoms with Crippen LogP contribution in [0.25, 0.3) is 0 Å². The van der Waals surface area contributed by atoms with Gasteiger partial charge in [-0.25, -0.2) is 0 Å². The molecule has 2 unspecified atom stereocenters. The summed E-state index contributed by atoms with van der Waals surface area (Å²) in [7, 11) is 1.28. The molecule has 0 rings (SSSR count). The maximum Gasteiger partial charge on any atom is 0.252 e. The van der Waals surface area contributed by atoms with Crippen molar-refractivity contribution in [2.45, 2.75) is 59.2 Å². The van der Waals surface area contributed by atoms with Crippen molar-refractivity contribution in [1.29, 1.82) is 0 Å². The maximum absolute atomic E-state index is 12.2. The summed E-state index contributed by atoms with van der Waals surface area (Å²) < 4.78 is 5.07. The molecule has 0 spiro atoms. The molecule has 122 valence electrons. The number of carbonyl (C=O) groups excluding carboxylic acids is 3. The molecular weight excluding hydrogens is 274 g/mol. The highest BCUT2D eigenvalue weighted by atomic mass is 16.5. The lowest BCUT2D eigenvalue weighted by Crippen LogP contribution is -2.60. The molecule has 0 saturated carbocycles. The van der Waals surface area contributed by atoms with Gasteiger partial charge in [0.1, 0.15) is 6.04 Å². The van der Waals surface area contributed by atoms with Gasteiger partial charge in [-0.15, -0.1) is 0 Å². The minimum atomic E-state index is -1.23. The minimum Gasteiger partial charge on any atom is -0.369 e. The first-order valence-corrected chi connectivity index (χ1v) is 6.74. The highest BCUT2D eigenvalue weighted by molar-refractivity contribution is 5.95. The molecule has 0 aliphatic rings. The Balaban J connectivity index is 5.19. The molecular formula is C14H27N3O4. The molecule has 3 amide bonds. The summed E-state index contributed by atoms with van der Waals surface area (Å²) in [5.74, 6) is -1.73. The van der Waals surface area contributed by atoms with Gasteiger partial charge in [-0.3, -0.25) is 14.4 Å². The number of hydrogen-bond donors (Lipinski definition) is 3. The van der Waals surface area contributed by atoms with Crippen molar-refractivity contribution in [2.24, 2.45) is 11.1 Å².